The van der Waals surface area contributed by atoms with Gasteiger partial charge in [-0.15, -0.1) is 0 Å². The van der Waals surface area contributed by atoms with E-state index in [1.807, 2.05) is 91.0 Å². The van der Waals surface area contributed by atoms with Crippen LogP contribution in [-0.2, 0) is 19.6 Å². The van der Waals surface area contributed by atoms with Crippen LogP contribution in [0, 0.1) is 0 Å². The molecular weight excluding hydrogens is 468 g/mol. The van der Waals surface area contributed by atoms with Crippen molar-refractivity contribution < 1.29 is 28.8 Å². The molecule has 0 saturated carbocycles. The Kier molecular flexibility index (Phi) is 7.47. The Bertz CT molecular complexity index is 1320. The molecular formula is C31H30O6. The highest BCUT2D eigenvalue weighted by Crippen LogP contribution is 2.44. The first-order chi connectivity index (χ1) is 18.1. The third-order valence-corrected chi connectivity index (χ3v) is 6.38. The quantitative estimate of drug-likeness (QED) is 0.310. The molecule has 1 aliphatic rings. The maximum absolute atomic E-state index is 11.1. The summed E-state index contributed by atoms with van der Waals surface area (Å²) in [6.45, 7) is 0.810. The zero-order chi connectivity index (χ0) is 25.6. The molecule has 1 N–H and O–H groups in total. The van der Waals surface area contributed by atoms with E-state index in [0.29, 0.717) is 48.4 Å². The van der Waals surface area contributed by atoms with Crippen molar-refractivity contribution in [3.05, 3.63) is 113 Å². The van der Waals surface area contributed by atoms with Gasteiger partial charge >= 0.3 is 0 Å². The monoisotopic (exact) mass is 498 g/mol. The molecule has 6 nitrogen and oxygen atoms in total. The van der Waals surface area contributed by atoms with Gasteiger partial charge in [-0.05, 0) is 28.8 Å². The minimum atomic E-state index is -0.777. The van der Waals surface area contributed by atoms with E-state index in [4.69, 9.17) is 23.7 Å². The van der Waals surface area contributed by atoms with Crippen molar-refractivity contribution in [1.29, 1.82) is 0 Å². The Hall–Kier alpha value is -4.16. The average molecular weight is 499 g/mol. The molecule has 0 unspecified atom stereocenters. The van der Waals surface area contributed by atoms with Crippen LogP contribution in [0.15, 0.2) is 91.0 Å². The Balaban J connectivity index is 1.45. The van der Waals surface area contributed by atoms with Gasteiger partial charge in [-0.2, -0.15) is 0 Å². The van der Waals surface area contributed by atoms with E-state index < -0.39 is 12.2 Å². The summed E-state index contributed by atoms with van der Waals surface area (Å²) in [7, 11) is 3.18. The van der Waals surface area contributed by atoms with E-state index >= 15 is 0 Å². The summed E-state index contributed by atoms with van der Waals surface area (Å²) >= 11 is 0. The second-order valence-corrected chi connectivity index (χ2v) is 8.87. The Morgan fingerprint density at radius 1 is 0.730 bits per heavy atom. The van der Waals surface area contributed by atoms with Crippen molar-refractivity contribution in [2.75, 3.05) is 14.2 Å². The first-order valence-corrected chi connectivity index (χ1v) is 12.2. The molecule has 6 heteroatoms. The van der Waals surface area contributed by atoms with Gasteiger partial charge in [0.25, 0.3) is 0 Å². The zero-order valence-electron chi connectivity index (χ0n) is 20.9. The van der Waals surface area contributed by atoms with Crippen LogP contribution in [-0.4, -0.2) is 25.4 Å². The largest absolute Gasteiger partial charge is 0.493 e. The van der Waals surface area contributed by atoms with Gasteiger partial charge < -0.3 is 28.8 Å². The van der Waals surface area contributed by atoms with E-state index in [9.17, 15) is 5.11 Å². The second-order valence-electron chi connectivity index (χ2n) is 8.87. The molecule has 2 atom stereocenters. The maximum atomic E-state index is 11.1. The van der Waals surface area contributed by atoms with Gasteiger partial charge in [-0.25, -0.2) is 0 Å². The number of hydrogen-bond acceptors (Lipinski definition) is 6. The summed E-state index contributed by atoms with van der Waals surface area (Å²) in [5.74, 6) is 3.08. The molecule has 0 saturated heterocycles. The van der Waals surface area contributed by atoms with E-state index in [-0.39, 0.29) is 0 Å². The fraction of sp³-hybridized carbons (Fsp3) is 0.226. The van der Waals surface area contributed by atoms with Crippen LogP contribution in [0.2, 0.25) is 0 Å². The minimum Gasteiger partial charge on any atom is -0.493 e. The molecule has 0 aromatic heterocycles. The first kappa shape index (κ1) is 24.5. The third-order valence-electron chi connectivity index (χ3n) is 6.38. The lowest BCUT2D eigenvalue weighted by atomic mass is 9.93. The number of aliphatic hydroxyl groups is 1. The van der Waals surface area contributed by atoms with Crippen LogP contribution in [0.1, 0.15) is 28.4 Å². The summed E-state index contributed by atoms with van der Waals surface area (Å²) in [6.07, 6.45) is -0.989. The molecule has 4 aromatic rings. The topological polar surface area (TPSA) is 66.4 Å². The minimum absolute atomic E-state index is 0.372. The van der Waals surface area contributed by atoms with E-state index in [2.05, 4.69) is 0 Å². The molecule has 0 bridgehead atoms. The fourth-order valence-corrected chi connectivity index (χ4v) is 4.44. The van der Waals surface area contributed by atoms with Gasteiger partial charge in [0.05, 0.1) is 20.3 Å². The normalized spacial score (nSPS) is 16.3. The van der Waals surface area contributed by atoms with Crippen molar-refractivity contribution in [3.63, 3.8) is 0 Å². The summed E-state index contributed by atoms with van der Waals surface area (Å²) in [6, 6.07) is 29.2. The number of ether oxygens (including phenoxy) is 5. The van der Waals surface area contributed by atoms with Crippen LogP contribution in [0.4, 0.5) is 0 Å². The highest BCUT2D eigenvalue weighted by molar-refractivity contribution is 5.53. The molecule has 0 radical (unpaired) electrons. The molecule has 0 aliphatic carbocycles. The highest BCUT2D eigenvalue weighted by Gasteiger charge is 2.33. The summed E-state index contributed by atoms with van der Waals surface area (Å²) in [5.41, 5.74) is 3.71. The molecule has 5 rings (SSSR count). The summed E-state index contributed by atoms with van der Waals surface area (Å²) < 4.78 is 29.6. The average Bonchev–Trinajstić information content (AvgIpc) is 2.95. The third kappa shape index (κ3) is 5.65. The van der Waals surface area contributed by atoms with Gasteiger partial charge in [-0.1, -0.05) is 66.7 Å². The van der Waals surface area contributed by atoms with Gasteiger partial charge in [0.2, 0.25) is 0 Å². The van der Waals surface area contributed by atoms with Crippen LogP contribution < -0.4 is 23.7 Å². The Morgan fingerprint density at radius 3 is 2.03 bits per heavy atom. The number of benzene rings is 4. The Morgan fingerprint density at radius 2 is 1.38 bits per heavy atom. The standard InChI is InChI=1S/C31H30O6/c1-33-27-14-13-23(15-30(27)34-2)31-26(32)18-25-28(36-20-22-11-7-4-8-12-22)16-24(17-29(25)37-31)35-19-21-9-5-3-6-10-21/h3-17,26,31-32H,18-20H2,1-2H3/t26-,31+/m0/s1. The van der Waals surface area contributed by atoms with Crippen molar-refractivity contribution >= 4 is 0 Å². The van der Waals surface area contributed by atoms with Crippen molar-refractivity contribution in [1.82, 2.24) is 0 Å². The SMILES string of the molecule is COc1ccc([C@H]2Oc3cc(OCc4ccccc4)cc(OCc4ccccc4)c3C[C@@H]2O)cc1OC. The molecule has 0 spiro atoms. The number of aliphatic hydroxyl groups excluding tert-OH is 1. The van der Waals surface area contributed by atoms with Crippen molar-refractivity contribution in [2.24, 2.45) is 0 Å². The lowest BCUT2D eigenvalue weighted by molar-refractivity contribution is 0.0193. The molecule has 37 heavy (non-hydrogen) atoms. The zero-order valence-corrected chi connectivity index (χ0v) is 20.9. The first-order valence-electron chi connectivity index (χ1n) is 12.2. The van der Waals surface area contributed by atoms with E-state index in [0.717, 1.165) is 22.3 Å². The molecule has 1 heterocycles. The predicted octanol–water partition coefficient (Wildman–Crippen LogP) is 5.90. The van der Waals surface area contributed by atoms with Gasteiger partial charge in [-0.3, -0.25) is 0 Å². The lowest BCUT2D eigenvalue weighted by Crippen LogP contribution is -2.30. The summed E-state index contributed by atoms with van der Waals surface area (Å²) in [5, 5.41) is 11.1. The fourth-order valence-electron chi connectivity index (χ4n) is 4.44. The van der Waals surface area contributed by atoms with Gasteiger partial charge in [0.15, 0.2) is 11.5 Å². The maximum Gasteiger partial charge on any atom is 0.161 e. The molecule has 0 fully saturated rings. The highest BCUT2D eigenvalue weighted by atomic mass is 16.5. The van der Waals surface area contributed by atoms with Crippen molar-refractivity contribution in [2.45, 2.75) is 31.8 Å². The number of methoxy groups -OCH3 is 2. The van der Waals surface area contributed by atoms with Crippen molar-refractivity contribution in [3.8, 4) is 28.7 Å². The molecule has 4 aromatic carbocycles. The van der Waals surface area contributed by atoms with Crippen LogP contribution >= 0.6 is 0 Å². The molecule has 190 valence electrons. The number of fused-ring (bicyclic) bond motifs is 1. The van der Waals surface area contributed by atoms with Gasteiger partial charge in [0.1, 0.15) is 36.6 Å². The van der Waals surface area contributed by atoms with Crippen LogP contribution in [0.3, 0.4) is 0 Å². The van der Waals surface area contributed by atoms with E-state index in [1.54, 1.807) is 14.2 Å². The smallest absolute Gasteiger partial charge is 0.161 e. The Labute approximate surface area is 217 Å². The van der Waals surface area contributed by atoms with Crippen LogP contribution in [0.25, 0.3) is 0 Å². The lowest BCUT2D eigenvalue weighted by Gasteiger charge is -2.32. The predicted molar refractivity (Wildman–Crippen MR) is 141 cm³/mol. The number of rotatable bonds is 9. The molecule has 1 aliphatic heterocycles. The van der Waals surface area contributed by atoms with E-state index in [1.165, 1.54) is 0 Å². The van der Waals surface area contributed by atoms with Gasteiger partial charge in [0, 0.05) is 24.1 Å². The van der Waals surface area contributed by atoms with Crippen LogP contribution in [0.5, 0.6) is 28.7 Å². The summed E-state index contributed by atoms with van der Waals surface area (Å²) in [4.78, 5) is 0. The second kappa shape index (κ2) is 11.3. The number of hydrogen-bond donors (Lipinski definition) is 1. The molecule has 0 amide bonds.